The minimum atomic E-state index is 0.804. The Balaban J connectivity index is 2.06. The molecule has 106 valence electrons. The number of hydrogen-bond donors (Lipinski definition) is 1. The Morgan fingerprint density at radius 1 is 1.14 bits per heavy atom. The van der Waals surface area contributed by atoms with Crippen LogP contribution in [0.2, 0.25) is 0 Å². The number of halogens is 1. The fourth-order valence-corrected chi connectivity index (χ4v) is 3.37. The van der Waals surface area contributed by atoms with Crippen LogP contribution in [0, 0.1) is 0 Å². The number of rotatable bonds is 4. The molecule has 2 aromatic heterocycles. The smallest absolute Gasteiger partial charge is 0.142 e. The van der Waals surface area contributed by atoms with E-state index in [-0.39, 0.29) is 0 Å². The Bertz CT molecular complexity index is 723. The highest BCUT2D eigenvalue weighted by Gasteiger charge is 2.14. The van der Waals surface area contributed by atoms with E-state index in [2.05, 4.69) is 38.4 Å². The lowest BCUT2D eigenvalue weighted by molar-refractivity contribution is 0.831. The van der Waals surface area contributed by atoms with Crippen molar-refractivity contribution in [1.29, 1.82) is 0 Å². The van der Waals surface area contributed by atoms with Gasteiger partial charge in [0, 0.05) is 27.7 Å². The van der Waals surface area contributed by atoms with Gasteiger partial charge in [0.1, 0.15) is 5.01 Å². The van der Waals surface area contributed by atoms with Gasteiger partial charge in [-0.3, -0.25) is 4.98 Å². The van der Waals surface area contributed by atoms with Gasteiger partial charge in [-0.15, -0.1) is 11.3 Å². The number of aromatic nitrogens is 2. The molecule has 0 aliphatic heterocycles. The van der Waals surface area contributed by atoms with Gasteiger partial charge in [0.05, 0.1) is 11.4 Å². The first-order chi connectivity index (χ1) is 10.3. The summed E-state index contributed by atoms with van der Waals surface area (Å²) in [7, 11) is 1.95. The number of pyridine rings is 1. The molecule has 0 atom stereocenters. The summed E-state index contributed by atoms with van der Waals surface area (Å²) >= 11 is 5.10. The molecule has 0 amide bonds. The van der Waals surface area contributed by atoms with Crippen molar-refractivity contribution in [2.75, 3.05) is 7.05 Å². The monoisotopic (exact) mass is 359 g/mol. The van der Waals surface area contributed by atoms with Gasteiger partial charge in [-0.2, -0.15) is 0 Å². The molecule has 0 aliphatic carbocycles. The fraction of sp³-hybridized carbons (Fsp3) is 0.125. The van der Waals surface area contributed by atoms with Crippen molar-refractivity contribution in [2.45, 2.75) is 6.54 Å². The zero-order valence-electron chi connectivity index (χ0n) is 11.5. The molecule has 0 fully saturated rings. The quantitative estimate of drug-likeness (QED) is 0.752. The molecule has 5 heteroatoms. The van der Waals surface area contributed by atoms with Crippen LogP contribution in [0.1, 0.15) is 4.88 Å². The molecule has 3 aromatic rings. The van der Waals surface area contributed by atoms with Gasteiger partial charge in [0.15, 0.2) is 0 Å². The van der Waals surface area contributed by atoms with Gasteiger partial charge in [0.25, 0.3) is 0 Å². The molecule has 1 N–H and O–H groups in total. The van der Waals surface area contributed by atoms with Crippen LogP contribution in [0.15, 0.2) is 53.1 Å². The highest BCUT2D eigenvalue weighted by atomic mass is 79.9. The lowest BCUT2D eigenvalue weighted by Crippen LogP contribution is -2.04. The van der Waals surface area contributed by atoms with Crippen molar-refractivity contribution in [3.63, 3.8) is 0 Å². The molecule has 0 saturated carbocycles. The third kappa shape index (κ3) is 3.20. The van der Waals surface area contributed by atoms with Crippen molar-refractivity contribution in [1.82, 2.24) is 15.3 Å². The molecule has 0 aliphatic rings. The molecule has 2 heterocycles. The van der Waals surface area contributed by atoms with E-state index in [4.69, 9.17) is 4.98 Å². The van der Waals surface area contributed by atoms with Gasteiger partial charge >= 0.3 is 0 Å². The van der Waals surface area contributed by atoms with Gasteiger partial charge in [0.2, 0.25) is 0 Å². The summed E-state index contributed by atoms with van der Waals surface area (Å²) in [4.78, 5) is 10.5. The Morgan fingerprint density at radius 2 is 1.95 bits per heavy atom. The Kier molecular flexibility index (Phi) is 4.43. The van der Waals surface area contributed by atoms with Crippen molar-refractivity contribution in [3.8, 4) is 22.0 Å². The van der Waals surface area contributed by atoms with Crippen LogP contribution in [-0.2, 0) is 6.54 Å². The molecule has 0 spiro atoms. The van der Waals surface area contributed by atoms with Crippen LogP contribution in [0.3, 0.4) is 0 Å². The summed E-state index contributed by atoms with van der Waals surface area (Å²) in [5, 5.41) is 4.16. The van der Waals surface area contributed by atoms with E-state index in [9.17, 15) is 0 Å². The van der Waals surface area contributed by atoms with E-state index in [1.165, 1.54) is 4.88 Å². The zero-order valence-corrected chi connectivity index (χ0v) is 13.9. The lowest BCUT2D eigenvalue weighted by atomic mass is 10.1. The molecule has 0 bridgehead atoms. The maximum Gasteiger partial charge on any atom is 0.142 e. The maximum absolute atomic E-state index is 4.80. The van der Waals surface area contributed by atoms with Gasteiger partial charge in [-0.05, 0) is 35.1 Å². The van der Waals surface area contributed by atoms with Gasteiger partial charge in [-0.1, -0.05) is 30.3 Å². The second-order valence-electron chi connectivity index (χ2n) is 4.55. The summed E-state index contributed by atoms with van der Waals surface area (Å²) < 4.78 is 0.974. The van der Waals surface area contributed by atoms with E-state index in [1.807, 2.05) is 37.4 Å². The molecule has 3 rings (SSSR count). The first-order valence-corrected chi connectivity index (χ1v) is 8.20. The average molecular weight is 360 g/mol. The van der Waals surface area contributed by atoms with Gasteiger partial charge < -0.3 is 5.32 Å². The second-order valence-corrected chi connectivity index (χ2v) is 6.55. The normalized spacial score (nSPS) is 10.8. The second kappa shape index (κ2) is 6.47. The minimum Gasteiger partial charge on any atom is -0.315 e. The fourth-order valence-electron chi connectivity index (χ4n) is 2.07. The third-order valence-corrected chi connectivity index (χ3v) is 4.58. The Labute approximate surface area is 136 Å². The topological polar surface area (TPSA) is 37.8 Å². The van der Waals surface area contributed by atoms with E-state index in [0.29, 0.717) is 0 Å². The largest absolute Gasteiger partial charge is 0.315 e. The first kappa shape index (κ1) is 14.4. The predicted octanol–water partition coefficient (Wildman–Crippen LogP) is 4.35. The van der Waals surface area contributed by atoms with E-state index >= 15 is 0 Å². The molecule has 21 heavy (non-hydrogen) atoms. The van der Waals surface area contributed by atoms with Crippen molar-refractivity contribution in [3.05, 3.63) is 58.0 Å². The predicted molar refractivity (Wildman–Crippen MR) is 91.2 cm³/mol. The lowest BCUT2D eigenvalue weighted by Gasteiger charge is -2.00. The molecular weight excluding hydrogens is 346 g/mol. The molecule has 0 saturated heterocycles. The summed E-state index contributed by atoms with van der Waals surface area (Å²) in [5.74, 6) is 0. The zero-order chi connectivity index (χ0) is 14.7. The molecule has 3 nitrogen and oxygen atoms in total. The SMILES string of the molecule is CNCc1sc(-c2ccc(Br)cn2)nc1-c1ccccc1. The highest BCUT2D eigenvalue weighted by molar-refractivity contribution is 9.10. The van der Waals surface area contributed by atoms with Crippen molar-refractivity contribution in [2.24, 2.45) is 0 Å². The molecular formula is C16H14BrN3S. The van der Waals surface area contributed by atoms with Crippen LogP contribution >= 0.6 is 27.3 Å². The van der Waals surface area contributed by atoms with Crippen molar-refractivity contribution >= 4 is 27.3 Å². The minimum absolute atomic E-state index is 0.804. The summed E-state index contributed by atoms with van der Waals surface area (Å²) in [6.07, 6.45) is 1.80. The van der Waals surface area contributed by atoms with E-state index < -0.39 is 0 Å². The highest BCUT2D eigenvalue weighted by Crippen LogP contribution is 2.33. The number of thiazole rings is 1. The summed E-state index contributed by atoms with van der Waals surface area (Å²) in [6.45, 7) is 0.804. The number of nitrogens with one attached hydrogen (secondary N) is 1. The van der Waals surface area contributed by atoms with Crippen molar-refractivity contribution < 1.29 is 0 Å². The molecule has 1 aromatic carbocycles. The molecule has 0 unspecified atom stereocenters. The number of benzene rings is 1. The van der Waals surface area contributed by atoms with Crippen LogP contribution in [0.25, 0.3) is 22.0 Å². The standard InChI is InChI=1S/C16H14BrN3S/c1-18-10-14-15(11-5-3-2-4-6-11)20-16(21-14)13-8-7-12(17)9-19-13/h2-9,18H,10H2,1H3. The maximum atomic E-state index is 4.80. The Morgan fingerprint density at radius 3 is 2.62 bits per heavy atom. The molecule has 0 radical (unpaired) electrons. The summed E-state index contributed by atoms with van der Waals surface area (Å²) in [6, 6.07) is 14.3. The first-order valence-electron chi connectivity index (χ1n) is 6.59. The van der Waals surface area contributed by atoms with Crippen LogP contribution in [-0.4, -0.2) is 17.0 Å². The van der Waals surface area contributed by atoms with Crippen LogP contribution < -0.4 is 5.32 Å². The number of nitrogens with zero attached hydrogens (tertiary/aromatic N) is 2. The van der Waals surface area contributed by atoms with E-state index in [0.717, 1.165) is 33.0 Å². The van der Waals surface area contributed by atoms with E-state index in [1.54, 1.807) is 17.5 Å². The average Bonchev–Trinajstić information content (AvgIpc) is 2.93. The number of hydrogen-bond acceptors (Lipinski definition) is 4. The van der Waals surface area contributed by atoms with Crippen LogP contribution in [0.4, 0.5) is 0 Å². The van der Waals surface area contributed by atoms with Gasteiger partial charge in [-0.25, -0.2) is 4.98 Å². The van der Waals surface area contributed by atoms with Crippen LogP contribution in [0.5, 0.6) is 0 Å². The Hall–Kier alpha value is -1.56. The third-order valence-electron chi connectivity index (χ3n) is 3.03. The summed E-state index contributed by atoms with van der Waals surface area (Å²) in [5.41, 5.74) is 3.08.